The molecule has 1 aromatic carbocycles. The Balaban J connectivity index is 2.27. The second kappa shape index (κ2) is 4.67. The fraction of sp³-hybridized carbons (Fsp3) is 0.0909. The maximum Gasteiger partial charge on any atom is 0.303 e. The third-order valence-electron chi connectivity index (χ3n) is 2.25. The van der Waals surface area contributed by atoms with E-state index in [1.165, 1.54) is 6.07 Å². The number of hydrazine groups is 1. The van der Waals surface area contributed by atoms with Crippen molar-refractivity contribution >= 4 is 5.91 Å². The van der Waals surface area contributed by atoms with E-state index in [1.54, 1.807) is 19.2 Å². The summed E-state index contributed by atoms with van der Waals surface area (Å²) in [5, 5.41) is 3.78. The minimum absolute atomic E-state index is 0.0679. The van der Waals surface area contributed by atoms with Crippen molar-refractivity contribution < 1.29 is 14.1 Å². The molecule has 17 heavy (non-hydrogen) atoms. The molecule has 88 valence electrons. The number of nitrogens with two attached hydrogens (primary N) is 1. The van der Waals surface area contributed by atoms with E-state index in [-0.39, 0.29) is 5.76 Å². The Bertz CT molecular complexity index is 519. The molecular weight excluding hydrogens is 222 g/mol. The summed E-state index contributed by atoms with van der Waals surface area (Å²) in [6.07, 6.45) is 0. The van der Waals surface area contributed by atoms with Gasteiger partial charge in [-0.3, -0.25) is 10.2 Å². The van der Waals surface area contributed by atoms with Gasteiger partial charge in [0.15, 0.2) is 0 Å². The second-order valence-corrected chi connectivity index (χ2v) is 3.28. The Morgan fingerprint density at radius 2 is 2.12 bits per heavy atom. The predicted molar refractivity (Wildman–Crippen MR) is 60.1 cm³/mol. The number of hydrogen-bond acceptors (Lipinski definition) is 5. The molecule has 0 atom stereocenters. The zero-order valence-corrected chi connectivity index (χ0v) is 9.14. The normalized spacial score (nSPS) is 10.0. The lowest BCUT2D eigenvalue weighted by Crippen LogP contribution is -2.29. The summed E-state index contributed by atoms with van der Waals surface area (Å²) >= 11 is 0. The van der Waals surface area contributed by atoms with E-state index in [0.29, 0.717) is 5.69 Å². The zero-order valence-electron chi connectivity index (χ0n) is 9.14. The molecule has 0 bridgehead atoms. The Labute approximate surface area is 97.3 Å². The number of nitrogen functional groups attached to an aromatic ring is 1. The summed E-state index contributed by atoms with van der Waals surface area (Å²) in [4.78, 5) is 11.2. The minimum atomic E-state index is -0.516. The van der Waals surface area contributed by atoms with Crippen molar-refractivity contribution in [3.63, 3.8) is 0 Å². The van der Waals surface area contributed by atoms with Crippen molar-refractivity contribution in [3.8, 4) is 17.0 Å². The van der Waals surface area contributed by atoms with Crippen LogP contribution in [0.25, 0.3) is 11.3 Å². The van der Waals surface area contributed by atoms with Gasteiger partial charge in [0.25, 0.3) is 0 Å². The molecule has 0 unspecified atom stereocenters. The number of aromatic nitrogens is 1. The fourth-order valence-corrected chi connectivity index (χ4v) is 1.35. The number of benzene rings is 1. The third-order valence-corrected chi connectivity index (χ3v) is 2.25. The van der Waals surface area contributed by atoms with Crippen molar-refractivity contribution in [2.24, 2.45) is 5.84 Å². The van der Waals surface area contributed by atoms with Crippen molar-refractivity contribution in [2.45, 2.75) is 0 Å². The summed E-state index contributed by atoms with van der Waals surface area (Å²) in [5.74, 6) is 5.28. The first-order valence-corrected chi connectivity index (χ1v) is 4.86. The van der Waals surface area contributed by atoms with Gasteiger partial charge in [-0.25, -0.2) is 5.84 Å². The molecule has 1 amide bonds. The van der Waals surface area contributed by atoms with Crippen LogP contribution in [0.15, 0.2) is 34.9 Å². The molecule has 6 nitrogen and oxygen atoms in total. The minimum Gasteiger partial charge on any atom is -0.497 e. The smallest absolute Gasteiger partial charge is 0.303 e. The third kappa shape index (κ3) is 2.26. The van der Waals surface area contributed by atoms with Crippen molar-refractivity contribution in [3.05, 3.63) is 36.1 Å². The highest BCUT2D eigenvalue weighted by atomic mass is 16.5. The highest BCUT2D eigenvalue weighted by Crippen LogP contribution is 2.21. The summed E-state index contributed by atoms with van der Waals surface area (Å²) in [6.45, 7) is 0. The summed E-state index contributed by atoms with van der Waals surface area (Å²) in [5.41, 5.74) is 3.36. The molecule has 0 aliphatic rings. The molecule has 0 saturated carbocycles. The van der Waals surface area contributed by atoms with Gasteiger partial charge in [-0.2, -0.15) is 0 Å². The number of methoxy groups -OCH3 is 1. The van der Waals surface area contributed by atoms with Gasteiger partial charge in [0.2, 0.25) is 5.76 Å². The number of nitrogens with zero attached hydrogens (tertiary/aromatic N) is 1. The molecule has 0 aliphatic heterocycles. The maximum absolute atomic E-state index is 11.2. The lowest BCUT2D eigenvalue weighted by Gasteiger charge is -1.99. The van der Waals surface area contributed by atoms with Crippen LogP contribution in [-0.4, -0.2) is 18.2 Å². The van der Waals surface area contributed by atoms with E-state index >= 15 is 0 Å². The predicted octanol–water partition coefficient (Wildman–Crippen LogP) is 0.954. The molecule has 3 N–H and O–H groups in total. The van der Waals surface area contributed by atoms with E-state index in [9.17, 15) is 4.79 Å². The van der Waals surface area contributed by atoms with E-state index in [4.69, 9.17) is 15.1 Å². The first kappa shape index (κ1) is 11.2. The molecule has 1 heterocycles. The van der Waals surface area contributed by atoms with Crippen LogP contribution in [0, 0.1) is 0 Å². The van der Waals surface area contributed by atoms with E-state index < -0.39 is 5.91 Å². The number of hydrogen-bond donors (Lipinski definition) is 2. The van der Waals surface area contributed by atoms with Gasteiger partial charge < -0.3 is 9.26 Å². The molecular formula is C11H11N3O3. The lowest BCUT2D eigenvalue weighted by molar-refractivity contribution is 0.0917. The fourth-order valence-electron chi connectivity index (χ4n) is 1.35. The number of amides is 1. The van der Waals surface area contributed by atoms with Crippen molar-refractivity contribution in [2.75, 3.05) is 7.11 Å². The number of rotatable bonds is 3. The van der Waals surface area contributed by atoms with Gasteiger partial charge in [0, 0.05) is 11.6 Å². The standard InChI is InChI=1S/C11H11N3O3/c1-16-8-4-2-7(3-5-8)9-6-10(17-14-9)11(15)13-12/h2-6H,12H2,1H3,(H,13,15). The van der Waals surface area contributed by atoms with Gasteiger partial charge in [-0.05, 0) is 24.3 Å². The van der Waals surface area contributed by atoms with Crippen LogP contribution < -0.4 is 16.0 Å². The Kier molecular flexibility index (Phi) is 3.06. The molecule has 2 aromatic rings. The topological polar surface area (TPSA) is 90.4 Å². The molecule has 1 aromatic heterocycles. The lowest BCUT2D eigenvalue weighted by atomic mass is 10.1. The first-order chi connectivity index (χ1) is 8.24. The first-order valence-electron chi connectivity index (χ1n) is 4.86. The molecule has 6 heteroatoms. The Morgan fingerprint density at radius 3 is 2.71 bits per heavy atom. The highest BCUT2D eigenvalue weighted by Gasteiger charge is 2.12. The van der Waals surface area contributed by atoms with Gasteiger partial charge in [0.05, 0.1) is 7.11 Å². The Morgan fingerprint density at radius 1 is 1.41 bits per heavy atom. The van der Waals surface area contributed by atoms with Crippen LogP contribution in [0.2, 0.25) is 0 Å². The van der Waals surface area contributed by atoms with Crippen LogP contribution in [0.3, 0.4) is 0 Å². The largest absolute Gasteiger partial charge is 0.497 e. The summed E-state index contributed by atoms with van der Waals surface area (Å²) in [6, 6.07) is 8.75. The molecule has 0 radical (unpaired) electrons. The van der Waals surface area contributed by atoms with Gasteiger partial charge >= 0.3 is 5.91 Å². The molecule has 0 saturated heterocycles. The molecule has 0 spiro atoms. The SMILES string of the molecule is COc1ccc(-c2cc(C(=O)NN)on2)cc1. The van der Waals surface area contributed by atoms with Crippen LogP contribution in [-0.2, 0) is 0 Å². The van der Waals surface area contributed by atoms with Crippen molar-refractivity contribution in [1.82, 2.24) is 10.6 Å². The number of carbonyl (C=O) groups excluding carboxylic acids is 1. The van der Waals surface area contributed by atoms with E-state index in [0.717, 1.165) is 11.3 Å². The second-order valence-electron chi connectivity index (χ2n) is 3.28. The summed E-state index contributed by atoms with van der Waals surface area (Å²) < 4.78 is 9.90. The van der Waals surface area contributed by atoms with Crippen LogP contribution in [0.5, 0.6) is 5.75 Å². The maximum atomic E-state index is 11.2. The Hall–Kier alpha value is -2.34. The van der Waals surface area contributed by atoms with Crippen LogP contribution in [0.4, 0.5) is 0 Å². The molecule has 0 fully saturated rings. The van der Waals surface area contributed by atoms with E-state index in [1.807, 2.05) is 17.6 Å². The van der Waals surface area contributed by atoms with Crippen LogP contribution >= 0.6 is 0 Å². The van der Waals surface area contributed by atoms with Crippen molar-refractivity contribution in [1.29, 1.82) is 0 Å². The van der Waals surface area contributed by atoms with E-state index in [2.05, 4.69) is 5.16 Å². The summed E-state index contributed by atoms with van der Waals surface area (Å²) in [7, 11) is 1.59. The van der Waals surface area contributed by atoms with Gasteiger partial charge in [-0.1, -0.05) is 5.16 Å². The molecule has 2 rings (SSSR count). The monoisotopic (exact) mass is 233 g/mol. The highest BCUT2D eigenvalue weighted by molar-refractivity contribution is 5.91. The average Bonchev–Trinajstić information content (AvgIpc) is 2.87. The molecule has 0 aliphatic carbocycles. The van der Waals surface area contributed by atoms with Gasteiger partial charge in [0.1, 0.15) is 11.4 Å². The quantitative estimate of drug-likeness (QED) is 0.468. The van der Waals surface area contributed by atoms with Crippen LogP contribution in [0.1, 0.15) is 10.6 Å². The number of carbonyl (C=O) groups is 1. The number of nitrogens with one attached hydrogen (secondary N) is 1. The van der Waals surface area contributed by atoms with Gasteiger partial charge in [-0.15, -0.1) is 0 Å². The zero-order chi connectivity index (χ0) is 12.3. The number of ether oxygens (including phenoxy) is 1. The average molecular weight is 233 g/mol.